The quantitative estimate of drug-likeness (QED) is 0.846. The van der Waals surface area contributed by atoms with Crippen molar-refractivity contribution >= 4 is 24.9 Å². The van der Waals surface area contributed by atoms with E-state index in [2.05, 4.69) is 29.2 Å². The Hall–Kier alpha value is -1.93. The molecule has 128 valence electrons. The van der Waals surface area contributed by atoms with Crippen molar-refractivity contribution in [1.29, 1.82) is 0 Å². The van der Waals surface area contributed by atoms with Crippen LogP contribution in [0.5, 0.6) is 17.2 Å². The topological polar surface area (TPSA) is 41.9 Å². The minimum atomic E-state index is 0.199. The van der Waals surface area contributed by atoms with Gasteiger partial charge in [0.2, 0.25) is 0 Å². The zero-order valence-electron chi connectivity index (χ0n) is 14.2. The highest BCUT2D eigenvalue weighted by molar-refractivity contribution is 7.56. The lowest BCUT2D eigenvalue weighted by Crippen LogP contribution is -2.32. The molecule has 2 aromatic rings. The first-order valence-corrected chi connectivity index (χ1v) is 9.29. The summed E-state index contributed by atoms with van der Waals surface area (Å²) >= 11 is 0. The van der Waals surface area contributed by atoms with Gasteiger partial charge in [0.1, 0.15) is 5.75 Å². The van der Waals surface area contributed by atoms with Gasteiger partial charge in [0, 0.05) is 35.5 Å². The number of rotatable bonds is 5. The van der Waals surface area contributed by atoms with Crippen LogP contribution in [0.25, 0.3) is 0 Å². The van der Waals surface area contributed by atoms with Gasteiger partial charge < -0.3 is 19.5 Å². The number of phenolic OH excluding ortho intramolecular Hbond substituents is 1. The smallest absolute Gasteiger partial charge is 0.165 e. The van der Waals surface area contributed by atoms with Gasteiger partial charge in [-0.15, -0.1) is 0 Å². The molecule has 0 spiro atoms. The Morgan fingerprint density at radius 2 is 1.71 bits per heavy atom. The molecule has 4 nitrogen and oxygen atoms in total. The Kier molecular flexibility index (Phi) is 5.47. The van der Waals surface area contributed by atoms with Crippen molar-refractivity contribution < 1.29 is 14.6 Å². The molecular weight excluding hydrogens is 321 g/mol. The van der Waals surface area contributed by atoms with E-state index in [-0.39, 0.29) is 5.75 Å². The number of phenols is 1. The fourth-order valence-corrected chi connectivity index (χ4v) is 4.38. The van der Waals surface area contributed by atoms with Gasteiger partial charge in [-0.1, -0.05) is 26.8 Å². The first-order chi connectivity index (χ1) is 11.7. The molecule has 1 fully saturated rings. The number of para-hydroxylation sites is 1. The number of hydrogen-bond acceptors (Lipinski definition) is 4. The van der Waals surface area contributed by atoms with Crippen LogP contribution in [0, 0.1) is 0 Å². The van der Waals surface area contributed by atoms with Crippen LogP contribution >= 0.6 is 8.58 Å². The van der Waals surface area contributed by atoms with Crippen molar-refractivity contribution in [3.05, 3.63) is 36.4 Å². The van der Waals surface area contributed by atoms with Crippen LogP contribution in [0.3, 0.4) is 0 Å². The van der Waals surface area contributed by atoms with E-state index in [0.29, 0.717) is 20.1 Å². The molecule has 24 heavy (non-hydrogen) atoms. The van der Waals surface area contributed by atoms with Crippen LogP contribution in [0.1, 0.15) is 19.3 Å². The Bertz CT molecular complexity index is 699. The lowest BCUT2D eigenvalue weighted by molar-refractivity contribution is 0.366. The fourth-order valence-electron chi connectivity index (χ4n) is 3.09. The summed E-state index contributed by atoms with van der Waals surface area (Å²) in [5.74, 6) is 1.35. The predicted molar refractivity (Wildman–Crippen MR) is 101 cm³/mol. The molecule has 0 amide bonds. The number of methoxy groups -OCH3 is 2. The number of anilines is 1. The van der Waals surface area contributed by atoms with Gasteiger partial charge in [-0.2, -0.15) is 0 Å². The molecule has 1 aliphatic rings. The number of benzene rings is 2. The highest BCUT2D eigenvalue weighted by Crippen LogP contribution is 2.34. The minimum Gasteiger partial charge on any atom is -0.504 e. The van der Waals surface area contributed by atoms with Gasteiger partial charge in [0.15, 0.2) is 11.5 Å². The second kappa shape index (κ2) is 7.76. The van der Waals surface area contributed by atoms with E-state index in [9.17, 15) is 5.11 Å². The lowest BCUT2D eigenvalue weighted by atomic mass is 10.1. The molecule has 1 heterocycles. The summed E-state index contributed by atoms with van der Waals surface area (Å²) in [7, 11) is 3.53. The Morgan fingerprint density at radius 1 is 0.958 bits per heavy atom. The molecular formula is C19H24NO3P. The molecule has 1 atom stereocenters. The van der Waals surface area contributed by atoms with Gasteiger partial charge in [-0.25, -0.2) is 0 Å². The predicted octanol–water partition coefficient (Wildman–Crippen LogP) is 3.03. The average Bonchev–Trinajstić information content (AvgIpc) is 2.64. The van der Waals surface area contributed by atoms with E-state index in [1.165, 1.54) is 30.3 Å². The van der Waals surface area contributed by atoms with E-state index < -0.39 is 0 Å². The van der Waals surface area contributed by atoms with E-state index in [1.54, 1.807) is 20.3 Å². The molecule has 0 aliphatic carbocycles. The summed E-state index contributed by atoms with van der Waals surface area (Å²) in [5, 5.41) is 12.6. The second-order valence-electron chi connectivity index (χ2n) is 5.92. The zero-order valence-corrected chi connectivity index (χ0v) is 15.2. The standard InChI is InChI=1S/C19H24NO3P/c1-22-14-12-16(23-2)19(21)18(13-14)24-17-9-5-4-8-15(17)20-10-6-3-7-11-20/h4-5,8-9,12-13,21,24H,3,6-7,10-11H2,1-2H3. The molecule has 1 saturated heterocycles. The van der Waals surface area contributed by atoms with Gasteiger partial charge in [-0.05, 0) is 31.4 Å². The number of hydrogen-bond donors (Lipinski definition) is 1. The highest BCUT2D eigenvalue weighted by atomic mass is 31.1. The number of nitrogens with zero attached hydrogens (tertiary/aromatic N) is 1. The zero-order chi connectivity index (χ0) is 16.9. The van der Waals surface area contributed by atoms with E-state index in [1.807, 2.05) is 6.07 Å². The summed E-state index contributed by atoms with van der Waals surface area (Å²) < 4.78 is 10.6. The van der Waals surface area contributed by atoms with Gasteiger partial charge in [0.05, 0.1) is 14.2 Å². The van der Waals surface area contributed by atoms with Crippen LogP contribution in [-0.2, 0) is 0 Å². The molecule has 5 heteroatoms. The lowest BCUT2D eigenvalue weighted by Gasteiger charge is -2.30. The summed E-state index contributed by atoms with van der Waals surface area (Å²) in [6.07, 6.45) is 3.81. The monoisotopic (exact) mass is 345 g/mol. The molecule has 0 bridgehead atoms. The van der Waals surface area contributed by atoms with Crippen molar-refractivity contribution in [2.75, 3.05) is 32.2 Å². The van der Waals surface area contributed by atoms with E-state index >= 15 is 0 Å². The molecule has 0 radical (unpaired) electrons. The maximum Gasteiger partial charge on any atom is 0.165 e. The third kappa shape index (κ3) is 3.59. The maximum absolute atomic E-state index is 10.5. The fraction of sp³-hybridized carbons (Fsp3) is 0.368. The Labute approximate surface area is 145 Å². The van der Waals surface area contributed by atoms with Crippen LogP contribution in [0.2, 0.25) is 0 Å². The molecule has 1 aliphatic heterocycles. The summed E-state index contributed by atoms with van der Waals surface area (Å²) in [6, 6.07) is 12.1. The Morgan fingerprint density at radius 3 is 2.42 bits per heavy atom. The van der Waals surface area contributed by atoms with Crippen LogP contribution in [0.15, 0.2) is 36.4 Å². The molecule has 3 rings (SSSR count). The third-order valence-corrected chi connectivity index (χ3v) is 5.72. The van der Waals surface area contributed by atoms with Crippen molar-refractivity contribution in [2.45, 2.75) is 19.3 Å². The largest absolute Gasteiger partial charge is 0.504 e. The van der Waals surface area contributed by atoms with Crippen molar-refractivity contribution in [1.82, 2.24) is 0 Å². The highest BCUT2D eigenvalue weighted by Gasteiger charge is 2.17. The summed E-state index contributed by atoms with van der Waals surface area (Å²) in [4.78, 5) is 2.46. The number of ether oxygens (including phenoxy) is 2. The van der Waals surface area contributed by atoms with Gasteiger partial charge >= 0.3 is 0 Å². The Balaban J connectivity index is 1.94. The van der Waals surface area contributed by atoms with Gasteiger partial charge in [-0.3, -0.25) is 0 Å². The van der Waals surface area contributed by atoms with Crippen molar-refractivity contribution in [3.8, 4) is 17.2 Å². The number of piperidine rings is 1. The van der Waals surface area contributed by atoms with E-state index in [0.717, 1.165) is 18.4 Å². The SMILES string of the molecule is COc1cc(OC)c(O)c(Pc2ccccc2N2CCCCC2)c1. The van der Waals surface area contributed by atoms with Crippen molar-refractivity contribution in [2.24, 2.45) is 0 Å². The third-order valence-electron chi connectivity index (χ3n) is 4.37. The van der Waals surface area contributed by atoms with Crippen LogP contribution in [0.4, 0.5) is 5.69 Å². The molecule has 1 N–H and O–H groups in total. The van der Waals surface area contributed by atoms with Crippen LogP contribution in [-0.4, -0.2) is 32.4 Å². The molecule has 1 unspecified atom stereocenters. The first kappa shape index (κ1) is 16.9. The maximum atomic E-state index is 10.5. The van der Waals surface area contributed by atoms with Crippen molar-refractivity contribution in [3.63, 3.8) is 0 Å². The van der Waals surface area contributed by atoms with Crippen LogP contribution < -0.4 is 25.0 Å². The normalized spacial score (nSPS) is 15.0. The second-order valence-corrected chi connectivity index (χ2v) is 7.24. The average molecular weight is 345 g/mol. The minimum absolute atomic E-state index is 0.199. The molecule has 0 aromatic heterocycles. The van der Waals surface area contributed by atoms with Gasteiger partial charge in [0.25, 0.3) is 0 Å². The number of aromatic hydroxyl groups is 1. The molecule has 0 saturated carbocycles. The summed E-state index contributed by atoms with van der Waals surface area (Å²) in [6.45, 7) is 2.21. The van der Waals surface area contributed by atoms with E-state index in [4.69, 9.17) is 9.47 Å². The first-order valence-electron chi connectivity index (χ1n) is 8.29. The summed E-state index contributed by atoms with van der Waals surface area (Å²) in [5.41, 5.74) is 1.27. The molecule has 2 aromatic carbocycles.